The van der Waals surface area contributed by atoms with Crippen LogP contribution in [0.4, 0.5) is 0 Å². The van der Waals surface area contributed by atoms with Crippen LogP contribution >= 0.6 is 0 Å². The molecule has 1 fully saturated rings. The highest BCUT2D eigenvalue weighted by atomic mass is 16.5. The second-order valence-electron chi connectivity index (χ2n) is 4.69. The minimum atomic E-state index is -0.186. The van der Waals surface area contributed by atoms with Crippen molar-refractivity contribution in [2.24, 2.45) is 0 Å². The molecule has 0 radical (unpaired) electrons. The van der Waals surface area contributed by atoms with Crippen molar-refractivity contribution in [2.75, 3.05) is 19.7 Å². The van der Waals surface area contributed by atoms with Crippen LogP contribution in [0.5, 0.6) is 5.75 Å². The summed E-state index contributed by atoms with van der Waals surface area (Å²) in [5.41, 5.74) is 0.955. The number of benzene rings is 1. The lowest BCUT2D eigenvalue weighted by molar-refractivity contribution is -0.142. The Morgan fingerprint density at radius 2 is 1.95 bits per heavy atom. The van der Waals surface area contributed by atoms with Gasteiger partial charge in [0.2, 0.25) is 0 Å². The first-order chi connectivity index (χ1) is 9.28. The van der Waals surface area contributed by atoms with Gasteiger partial charge < -0.3 is 14.8 Å². The maximum Gasteiger partial charge on any atom is 0.310 e. The molecule has 19 heavy (non-hydrogen) atoms. The molecule has 104 valence electrons. The van der Waals surface area contributed by atoms with Crippen molar-refractivity contribution in [3.8, 4) is 5.75 Å². The molecule has 2 rings (SSSR count). The minimum Gasteiger partial charge on any atom is -0.490 e. The Hall–Kier alpha value is -1.55. The average molecular weight is 263 g/mol. The summed E-state index contributed by atoms with van der Waals surface area (Å²) >= 11 is 0. The minimum absolute atomic E-state index is 0.186. The highest BCUT2D eigenvalue weighted by Crippen LogP contribution is 2.17. The van der Waals surface area contributed by atoms with Gasteiger partial charge in [0.1, 0.15) is 11.9 Å². The van der Waals surface area contributed by atoms with E-state index in [4.69, 9.17) is 9.47 Å². The first kappa shape index (κ1) is 13.9. The van der Waals surface area contributed by atoms with Crippen molar-refractivity contribution in [2.45, 2.75) is 32.3 Å². The third-order valence-electron chi connectivity index (χ3n) is 3.17. The summed E-state index contributed by atoms with van der Waals surface area (Å²) in [6, 6.07) is 7.70. The van der Waals surface area contributed by atoms with Gasteiger partial charge in [-0.1, -0.05) is 12.1 Å². The summed E-state index contributed by atoms with van der Waals surface area (Å²) < 4.78 is 10.8. The molecule has 0 spiro atoms. The van der Waals surface area contributed by atoms with Crippen LogP contribution in [0.2, 0.25) is 0 Å². The number of nitrogens with one attached hydrogen (secondary N) is 1. The molecule has 0 aromatic heterocycles. The summed E-state index contributed by atoms with van der Waals surface area (Å²) in [6.07, 6.45) is 2.72. The number of rotatable bonds is 5. The van der Waals surface area contributed by atoms with Crippen LogP contribution in [-0.2, 0) is 16.0 Å². The van der Waals surface area contributed by atoms with Gasteiger partial charge in [0, 0.05) is 0 Å². The SMILES string of the molecule is CCOC(=O)Cc1ccc(OC2CCNCC2)cc1. The van der Waals surface area contributed by atoms with E-state index in [9.17, 15) is 4.79 Å². The van der Waals surface area contributed by atoms with Crippen LogP contribution in [0.25, 0.3) is 0 Å². The van der Waals surface area contributed by atoms with Crippen LogP contribution in [-0.4, -0.2) is 31.8 Å². The molecule has 1 saturated heterocycles. The fourth-order valence-electron chi connectivity index (χ4n) is 2.17. The second-order valence-corrected chi connectivity index (χ2v) is 4.69. The predicted octanol–water partition coefficient (Wildman–Crippen LogP) is 1.92. The lowest BCUT2D eigenvalue weighted by atomic mass is 10.1. The fourth-order valence-corrected chi connectivity index (χ4v) is 2.17. The van der Waals surface area contributed by atoms with Gasteiger partial charge in [0.05, 0.1) is 13.0 Å². The summed E-state index contributed by atoms with van der Waals surface area (Å²) in [6.45, 7) is 4.28. The van der Waals surface area contributed by atoms with Crippen molar-refractivity contribution in [1.82, 2.24) is 5.32 Å². The van der Waals surface area contributed by atoms with E-state index < -0.39 is 0 Å². The van der Waals surface area contributed by atoms with Crippen LogP contribution < -0.4 is 10.1 Å². The summed E-state index contributed by atoms with van der Waals surface area (Å²) in [5, 5.41) is 3.31. The van der Waals surface area contributed by atoms with Crippen molar-refractivity contribution >= 4 is 5.97 Å². The zero-order valence-corrected chi connectivity index (χ0v) is 11.4. The van der Waals surface area contributed by atoms with Gasteiger partial charge in [-0.05, 0) is 50.6 Å². The Labute approximate surface area is 114 Å². The maximum absolute atomic E-state index is 11.4. The predicted molar refractivity (Wildman–Crippen MR) is 73.3 cm³/mol. The van der Waals surface area contributed by atoms with Crippen LogP contribution in [0.3, 0.4) is 0 Å². The van der Waals surface area contributed by atoms with Crippen LogP contribution in [0, 0.1) is 0 Å². The maximum atomic E-state index is 11.4. The van der Waals surface area contributed by atoms with E-state index in [2.05, 4.69) is 5.32 Å². The molecule has 1 aromatic carbocycles. The van der Waals surface area contributed by atoms with Gasteiger partial charge in [0.25, 0.3) is 0 Å². The number of hydrogen-bond donors (Lipinski definition) is 1. The Morgan fingerprint density at radius 3 is 2.58 bits per heavy atom. The Morgan fingerprint density at radius 1 is 1.26 bits per heavy atom. The van der Waals surface area contributed by atoms with Gasteiger partial charge in [-0.25, -0.2) is 0 Å². The van der Waals surface area contributed by atoms with Gasteiger partial charge in [0.15, 0.2) is 0 Å². The lowest BCUT2D eigenvalue weighted by Gasteiger charge is -2.23. The molecular formula is C15H21NO3. The third-order valence-corrected chi connectivity index (χ3v) is 3.17. The van der Waals surface area contributed by atoms with Crippen molar-refractivity contribution in [3.05, 3.63) is 29.8 Å². The standard InChI is InChI=1S/C15H21NO3/c1-2-18-15(17)11-12-3-5-13(6-4-12)19-14-7-9-16-10-8-14/h3-6,14,16H,2,7-11H2,1H3. The Kier molecular flexibility index (Phi) is 5.21. The van der Waals surface area contributed by atoms with E-state index in [1.807, 2.05) is 31.2 Å². The van der Waals surface area contributed by atoms with E-state index in [1.54, 1.807) is 0 Å². The first-order valence-corrected chi connectivity index (χ1v) is 6.90. The molecular weight excluding hydrogens is 242 g/mol. The van der Waals surface area contributed by atoms with Gasteiger partial charge in [-0.15, -0.1) is 0 Å². The molecule has 1 aromatic rings. The van der Waals surface area contributed by atoms with Crippen LogP contribution in [0.1, 0.15) is 25.3 Å². The number of hydrogen-bond acceptors (Lipinski definition) is 4. The number of carbonyl (C=O) groups excluding carboxylic acids is 1. The molecule has 1 aliphatic heterocycles. The second kappa shape index (κ2) is 7.14. The normalized spacial score (nSPS) is 16.1. The fraction of sp³-hybridized carbons (Fsp3) is 0.533. The smallest absolute Gasteiger partial charge is 0.310 e. The average Bonchev–Trinajstić information content (AvgIpc) is 2.42. The molecule has 4 nitrogen and oxygen atoms in total. The van der Waals surface area contributed by atoms with Gasteiger partial charge in [-0.2, -0.15) is 0 Å². The van der Waals surface area contributed by atoms with E-state index in [1.165, 1.54) is 0 Å². The number of piperidine rings is 1. The molecule has 1 aliphatic rings. The molecule has 4 heteroatoms. The molecule has 0 unspecified atom stereocenters. The highest BCUT2D eigenvalue weighted by Gasteiger charge is 2.14. The van der Waals surface area contributed by atoms with Crippen molar-refractivity contribution in [1.29, 1.82) is 0 Å². The summed E-state index contributed by atoms with van der Waals surface area (Å²) in [5.74, 6) is 0.689. The van der Waals surface area contributed by atoms with E-state index >= 15 is 0 Å². The summed E-state index contributed by atoms with van der Waals surface area (Å²) in [4.78, 5) is 11.4. The largest absolute Gasteiger partial charge is 0.490 e. The van der Waals surface area contributed by atoms with E-state index in [-0.39, 0.29) is 5.97 Å². The molecule has 1 heterocycles. The van der Waals surface area contributed by atoms with Crippen LogP contribution in [0.15, 0.2) is 24.3 Å². The molecule has 0 atom stereocenters. The monoisotopic (exact) mass is 263 g/mol. The van der Waals surface area contributed by atoms with Crippen molar-refractivity contribution in [3.63, 3.8) is 0 Å². The molecule has 0 bridgehead atoms. The molecule has 0 aliphatic carbocycles. The van der Waals surface area contributed by atoms with Gasteiger partial charge in [-0.3, -0.25) is 4.79 Å². The van der Waals surface area contributed by atoms with E-state index in [0.717, 1.165) is 37.2 Å². The Balaban J connectivity index is 1.85. The topological polar surface area (TPSA) is 47.6 Å². The molecule has 0 amide bonds. The Bertz CT molecular complexity index is 396. The van der Waals surface area contributed by atoms with Gasteiger partial charge >= 0.3 is 5.97 Å². The quantitative estimate of drug-likeness (QED) is 0.825. The number of esters is 1. The van der Waals surface area contributed by atoms with Crippen molar-refractivity contribution < 1.29 is 14.3 Å². The highest BCUT2D eigenvalue weighted by molar-refractivity contribution is 5.72. The summed E-state index contributed by atoms with van der Waals surface area (Å²) in [7, 11) is 0. The number of ether oxygens (including phenoxy) is 2. The zero-order valence-electron chi connectivity index (χ0n) is 11.4. The third kappa shape index (κ3) is 4.56. The van der Waals surface area contributed by atoms with E-state index in [0.29, 0.717) is 19.1 Å². The zero-order chi connectivity index (χ0) is 13.5. The molecule has 0 saturated carbocycles. The number of carbonyl (C=O) groups is 1. The molecule has 1 N–H and O–H groups in total. The first-order valence-electron chi connectivity index (χ1n) is 6.90. The lowest BCUT2D eigenvalue weighted by Crippen LogP contribution is -2.34.